The summed E-state index contributed by atoms with van der Waals surface area (Å²) in [5.74, 6) is 1.23. The second-order valence-electron chi connectivity index (χ2n) is 8.96. The second-order valence-corrected chi connectivity index (χ2v) is 8.96. The van der Waals surface area contributed by atoms with Crippen molar-refractivity contribution in [2.75, 3.05) is 31.1 Å². The Labute approximate surface area is 199 Å². The molecule has 1 aliphatic heterocycles. The molecular formula is C26H29N7O. The smallest absolute Gasteiger partial charge is 0.241 e. The number of pyridine rings is 2. The van der Waals surface area contributed by atoms with Gasteiger partial charge in [-0.2, -0.15) is 5.10 Å². The van der Waals surface area contributed by atoms with Crippen molar-refractivity contribution in [3.8, 4) is 11.3 Å². The van der Waals surface area contributed by atoms with Crippen LogP contribution in [-0.4, -0.2) is 61.6 Å². The molecule has 0 spiro atoms. The molecule has 34 heavy (non-hydrogen) atoms. The van der Waals surface area contributed by atoms with Crippen molar-refractivity contribution >= 4 is 17.1 Å². The first-order valence-electron chi connectivity index (χ1n) is 11.8. The minimum Gasteiger partial charge on any atom is -0.308 e. The van der Waals surface area contributed by atoms with Gasteiger partial charge in [-0.15, -0.1) is 0 Å². The van der Waals surface area contributed by atoms with Crippen LogP contribution in [0.4, 0.5) is 5.69 Å². The minimum absolute atomic E-state index is 0.120. The molecule has 8 heteroatoms. The summed E-state index contributed by atoms with van der Waals surface area (Å²) in [6.45, 7) is 9.36. The van der Waals surface area contributed by atoms with Crippen molar-refractivity contribution < 1.29 is 4.79 Å². The van der Waals surface area contributed by atoms with Gasteiger partial charge in [-0.1, -0.05) is 20.8 Å². The molecule has 0 bridgehead atoms. The van der Waals surface area contributed by atoms with Gasteiger partial charge in [0.25, 0.3) is 0 Å². The molecule has 5 heterocycles. The maximum atomic E-state index is 12.5. The van der Waals surface area contributed by atoms with Crippen LogP contribution >= 0.6 is 0 Å². The lowest BCUT2D eigenvalue weighted by Gasteiger charge is -2.33. The van der Waals surface area contributed by atoms with E-state index in [0.717, 1.165) is 41.2 Å². The van der Waals surface area contributed by atoms with Gasteiger partial charge >= 0.3 is 0 Å². The number of amides is 1. The molecule has 8 nitrogen and oxygen atoms in total. The lowest BCUT2D eigenvalue weighted by Crippen LogP contribution is -2.50. The molecule has 0 atom stereocenters. The number of carbonyl (C=O) groups excluding carboxylic acids is 1. The number of hydrogen-bond donors (Lipinski definition) is 0. The summed E-state index contributed by atoms with van der Waals surface area (Å²) in [6, 6.07) is 10.0. The van der Waals surface area contributed by atoms with Crippen LogP contribution in [0.5, 0.6) is 0 Å². The number of rotatable bonds is 6. The monoisotopic (exact) mass is 455 g/mol. The van der Waals surface area contributed by atoms with Crippen LogP contribution in [-0.2, 0) is 11.2 Å². The molecule has 4 aromatic rings. The quantitative estimate of drug-likeness (QED) is 0.442. The molecule has 5 rings (SSSR count). The number of fused-ring (bicyclic) bond motifs is 1. The zero-order valence-electron chi connectivity index (χ0n) is 19.8. The lowest BCUT2D eigenvalue weighted by molar-refractivity contribution is -0.121. The first-order valence-corrected chi connectivity index (χ1v) is 11.8. The predicted molar refractivity (Wildman–Crippen MR) is 132 cm³/mol. The van der Waals surface area contributed by atoms with Gasteiger partial charge in [0.1, 0.15) is 5.82 Å². The minimum atomic E-state index is 0.120. The zero-order chi connectivity index (χ0) is 23.7. The summed E-state index contributed by atoms with van der Waals surface area (Å²) in [6.07, 6.45) is 8.00. The molecular weight excluding hydrogens is 426 g/mol. The van der Waals surface area contributed by atoms with Gasteiger partial charge in [-0.3, -0.25) is 14.7 Å². The average molecular weight is 456 g/mol. The van der Waals surface area contributed by atoms with Gasteiger partial charge in [-0.05, 0) is 42.8 Å². The number of likely N-dealkylation sites (N-methyl/N-ethyl adjacent to an activating group) is 1. The third-order valence-corrected chi connectivity index (χ3v) is 6.38. The van der Waals surface area contributed by atoms with Gasteiger partial charge in [0.2, 0.25) is 5.91 Å². The summed E-state index contributed by atoms with van der Waals surface area (Å²) < 4.78 is 1.90. The van der Waals surface area contributed by atoms with Crippen LogP contribution < -0.4 is 4.90 Å². The van der Waals surface area contributed by atoms with Gasteiger partial charge in [0.15, 0.2) is 0 Å². The van der Waals surface area contributed by atoms with Crippen LogP contribution in [0.3, 0.4) is 0 Å². The van der Waals surface area contributed by atoms with Crippen LogP contribution in [0, 0.1) is 0 Å². The molecule has 0 N–H and O–H groups in total. The van der Waals surface area contributed by atoms with E-state index >= 15 is 0 Å². The van der Waals surface area contributed by atoms with E-state index in [2.05, 4.69) is 46.8 Å². The van der Waals surface area contributed by atoms with Crippen LogP contribution in [0.2, 0.25) is 0 Å². The van der Waals surface area contributed by atoms with Crippen molar-refractivity contribution in [1.82, 2.24) is 29.5 Å². The highest BCUT2D eigenvalue weighted by Crippen LogP contribution is 2.25. The molecule has 1 fully saturated rings. The van der Waals surface area contributed by atoms with E-state index in [-0.39, 0.29) is 5.91 Å². The molecule has 1 amide bonds. The predicted octanol–water partition coefficient (Wildman–Crippen LogP) is 3.57. The highest BCUT2D eigenvalue weighted by atomic mass is 16.2. The average Bonchev–Trinajstić information content (AvgIpc) is 3.28. The summed E-state index contributed by atoms with van der Waals surface area (Å²) in [4.78, 5) is 30.3. The number of hydrogen-bond acceptors (Lipinski definition) is 6. The molecule has 0 unspecified atom stereocenters. The van der Waals surface area contributed by atoms with E-state index in [1.54, 1.807) is 12.4 Å². The van der Waals surface area contributed by atoms with E-state index in [1.165, 1.54) is 5.56 Å². The number of anilines is 1. The Kier molecular flexibility index (Phi) is 6.06. The summed E-state index contributed by atoms with van der Waals surface area (Å²) in [5, 5.41) is 4.45. The second kappa shape index (κ2) is 9.30. The largest absolute Gasteiger partial charge is 0.308 e. The van der Waals surface area contributed by atoms with Gasteiger partial charge in [0.05, 0.1) is 42.3 Å². The number of aromatic nitrogens is 5. The molecule has 1 aliphatic rings. The Bertz CT molecular complexity index is 1310. The van der Waals surface area contributed by atoms with E-state index in [0.29, 0.717) is 31.3 Å². The highest BCUT2D eigenvalue weighted by Gasteiger charge is 2.24. The third kappa shape index (κ3) is 4.41. The Morgan fingerprint density at radius 2 is 1.94 bits per heavy atom. The lowest BCUT2D eigenvalue weighted by atomic mass is 10.0. The maximum Gasteiger partial charge on any atom is 0.241 e. The first kappa shape index (κ1) is 22.2. The Hall–Kier alpha value is -3.65. The van der Waals surface area contributed by atoms with E-state index in [1.807, 2.05) is 46.1 Å². The van der Waals surface area contributed by atoms with Crippen molar-refractivity contribution in [1.29, 1.82) is 0 Å². The third-order valence-electron chi connectivity index (χ3n) is 6.38. The van der Waals surface area contributed by atoms with Gasteiger partial charge in [0, 0.05) is 42.3 Å². The van der Waals surface area contributed by atoms with Crippen molar-refractivity contribution in [2.45, 2.75) is 33.1 Å². The number of piperazine rings is 1. The Balaban J connectivity index is 1.33. The van der Waals surface area contributed by atoms with Gasteiger partial charge < -0.3 is 4.90 Å². The summed E-state index contributed by atoms with van der Waals surface area (Å²) in [5.41, 5.74) is 5.93. The van der Waals surface area contributed by atoms with Crippen LogP contribution in [0.25, 0.3) is 16.8 Å². The fourth-order valence-electron chi connectivity index (χ4n) is 4.36. The molecule has 0 saturated carbocycles. The Morgan fingerprint density at radius 3 is 2.68 bits per heavy atom. The fourth-order valence-corrected chi connectivity index (χ4v) is 4.36. The van der Waals surface area contributed by atoms with Crippen molar-refractivity contribution in [3.05, 3.63) is 72.2 Å². The maximum absolute atomic E-state index is 12.5. The van der Waals surface area contributed by atoms with Crippen LogP contribution in [0.1, 0.15) is 43.8 Å². The zero-order valence-corrected chi connectivity index (χ0v) is 19.8. The normalized spacial score (nSPS) is 14.9. The topological polar surface area (TPSA) is 79.5 Å². The van der Waals surface area contributed by atoms with Crippen LogP contribution in [0.15, 0.2) is 55.1 Å². The summed E-state index contributed by atoms with van der Waals surface area (Å²) in [7, 11) is 0. The van der Waals surface area contributed by atoms with Crippen molar-refractivity contribution in [3.63, 3.8) is 0 Å². The Morgan fingerprint density at radius 1 is 1.06 bits per heavy atom. The van der Waals surface area contributed by atoms with Crippen molar-refractivity contribution in [2.24, 2.45) is 0 Å². The van der Waals surface area contributed by atoms with E-state index < -0.39 is 0 Å². The van der Waals surface area contributed by atoms with Gasteiger partial charge in [-0.25, -0.2) is 14.5 Å². The SMILES string of the molecule is CCN1CCN(c2ccc(Cc3nccc(-c4ccn5ncc(C(C)C)c5c4)n3)nc2)C(=O)C1. The molecule has 4 aromatic heterocycles. The molecule has 0 aliphatic carbocycles. The van der Waals surface area contributed by atoms with E-state index in [9.17, 15) is 4.79 Å². The number of nitrogens with zero attached hydrogens (tertiary/aromatic N) is 7. The first-order chi connectivity index (χ1) is 16.5. The standard InChI is InChI=1S/C26H29N7O/c1-4-31-11-12-32(26(34)17-31)21-6-5-20(28-15-21)14-25-27-9-7-23(30-25)19-8-10-33-24(13-19)22(16-29-33)18(2)3/h5-10,13,15-16,18H,4,11-12,14,17H2,1-3H3. The molecule has 1 saturated heterocycles. The highest BCUT2D eigenvalue weighted by molar-refractivity contribution is 5.95. The fraction of sp³-hybridized carbons (Fsp3) is 0.346. The summed E-state index contributed by atoms with van der Waals surface area (Å²) >= 11 is 0. The molecule has 174 valence electrons. The molecule has 0 radical (unpaired) electrons. The van der Waals surface area contributed by atoms with E-state index in [4.69, 9.17) is 4.98 Å². The number of carbonyl (C=O) groups is 1. The molecule has 0 aromatic carbocycles.